The van der Waals surface area contributed by atoms with Gasteiger partial charge >= 0.3 is 6.03 Å². The maximum Gasteiger partial charge on any atom is 0.319 e. The molecule has 1 fully saturated rings. The van der Waals surface area contributed by atoms with Gasteiger partial charge in [0.25, 0.3) is 0 Å². The van der Waals surface area contributed by atoms with E-state index in [4.69, 9.17) is 9.47 Å². The summed E-state index contributed by atoms with van der Waals surface area (Å²) in [5.74, 6) is 1.42. The van der Waals surface area contributed by atoms with Crippen LogP contribution in [0.4, 0.5) is 10.5 Å². The molecule has 2 amide bonds. The number of pyridine rings is 1. The molecule has 2 aliphatic rings. The standard InChI is InChI=1S/C22H28N4O3/c27-22(24-10-2-5-14-26-12-3-1-4-13-26)25-18-7-6-11-23-21(18)17-8-9-19-20(15-17)29-16-28-19/h6-9,11,15H,1-5,10,12-14,16H2,(H2,24,25,27). The lowest BCUT2D eigenvalue weighted by atomic mass is 10.1. The molecule has 154 valence electrons. The Labute approximate surface area is 171 Å². The van der Waals surface area contributed by atoms with Crippen LogP contribution in [-0.2, 0) is 0 Å². The summed E-state index contributed by atoms with van der Waals surface area (Å²) < 4.78 is 10.8. The Kier molecular flexibility index (Phi) is 6.46. The first kappa shape index (κ1) is 19.5. The molecule has 0 unspecified atom stereocenters. The summed E-state index contributed by atoms with van der Waals surface area (Å²) in [6, 6.07) is 9.11. The number of nitrogens with one attached hydrogen (secondary N) is 2. The maximum absolute atomic E-state index is 12.3. The van der Waals surface area contributed by atoms with E-state index in [0.29, 0.717) is 23.7 Å². The average Bonchev–Trinajstić information content (AvgIpc) is 3.22. The van der Waals surface area contributed by atoms with Crippen molar-refractivity contribution in [2.24, 2.45) is 0 Å². The van der Waals surface area contributed by atoms with E-state index in [2.05, 4.69) is 20.5 Å². The summed E-state index contributed by atoms with van der Waals surface area (Å²) in [5.41, 5.74) is 2.23. The molecular formula is C22H28N4O3. The van der Waals surface area contributed by atoms with Gasteiger partial charge in [0.1, 0.15) is 0 Å². The minimum Gasteiger partial charge on any atom is -0.454 e. The molecule has 2 aliphatic heterocycles. The van der Waals surface area contributed by atoms with Crippen molar-refractivity contribution < 1.29 is 14.3 Å². The van der Waals surface area contributed by atoms with Crippen molar-refractivity contribution in [1.82, 2.24) is 15.2 Å². The lowest BCUT2D eigenvalue weighted by Crippen LogP contribution is -2.32. The van der Waals surface area contributed by atoms with Gasteiger partial charge in [-0.05, 0) is 75.6 Å². The van der Waals surface area contributed by atoms with Gasteiger partial charge in [0.15, 0.2) is 11.5 Å². The molecule has 0 saturated carbocycles. The number of anilines is 1. The van der Waals surface area contributed by atoms with Crippen molar-refractivity contribution in [3.63, 3.8) is 0 Å². The predicted molar refractivity (Wildman–Crippen MR) is 112 cm³/mol. The second kappa shape index (κ2) is 9.60. The fourth-order valence-corrected chi connectivity index (χ4v) is 3.79. The number of fused-ring (bicyclic) bond motifs is 1. The van der Waals surface area contributed by atoms with Gasteiger partial charge in [-0.3, -0.25) is 4.98 Å². The first-order valence-corrected chi connectivity index (χ1v) is 10.4. The third-order valence-electron chi connectivity index (χ3n) is 5.34. The molecule has 0 spiro atoms. The SMILES string of the molecule is O=C(NCCCCN1CCCCC1)Nc1cccnc1-c1ccc2c(c1)OCO2. The Bertz CT molecular complexity index is 837. The van der Waals surface area contributed by atoms with E-state index in [0.717, 1.165) is 30.7 Å². The molecule has 3 heterocycles. The lowest BCUT2D eigenvalue weighted by molar-refractivity contribution is 0.174. The quantitative estimate of drug-likeness (QED) is 0.695. The number of benzene rings is 1. The molecule has 2 N–H and O–H groups in total. The summed E-state index contributed by atoms with van der Waals surface area (Å²) in [5, 5.41) is 5.87. The number of carbonyl (C=O) groups is 1. The first-order chi connectivity index (χ1) is 14.3. The van der Waals surface area contributed by atoms with Crippen LogP contribution in [0.5, 0.6) is 11.5 Å². The van der Waals surface area contributed by atoms with E-state index >= 15 is 0 Å². The van der Waals surface area contributed by atoms with Crippen molar-refractivity contribution >= 4 is 11.7 Å². The topological polar surface area (TPSA) is 75.7 Å². The largest absolute Gasteiger partial charge is 0.454 e. The Morgan fingerprint density at radius 1 is 1.07 bits per heavy atom. The molecule has 1 aromatic heterocycles. The van der Waals surface area contributed by atoms with Gasteiger partial charge in [-0.15, -0.1) is 0 Å². The van der Waals surface area contributed by atoms with Crippen LogP contribution in [0.25, 0.3) is 11.3 Å². The van der Waals surface area contributed by atoms with Crippen molar-refractivity contribution in [2.75, 3.05) is 38.3 Å². The van der Waals surface area contributed by atoms with Gasteiger partial charge < -0.3 is 25.0 Å². The van der Waals surface area contributed by atoms with Gasteiger partial charge in [-0.25, -0.2) is 4.79 Å². The van der Waals surface area contributed by atoms with Crippen LogP contribution in [0.1, 0.15) is 32.1 Å². The summed E-state index contributed by atoms with van der Waals surface area (Å²) in [7, 11) is 0. The zero-order valence-corrected chi connectivity index (χ0v) is 16.7. The van der Waals surface area contributed by atoms with E-state index in [1.807, 2.05) is 30.3 Å². The summed E-state index contributed by atoms with van der Waals surface area (Å²) in [6.07, 6.45) is 7.79. The number of urea groups is 1. The van der Waals surface area contributed by atoms with Crippen LogP contribution in [0.3, 0.4) is 0 Å². The van der Waals surface area contributed by atoms with Crippen LogP contribution < -0.4 is 20.1 Å². The molecule has 0 bridgehead atoms. The van der Waals surface area contributed by atoms with Gasteiger partial charge in [-0.1, -0.05) is 6.42 Å². The molecule has 7 heteroatoms. The predicted octanol–water partition coefficient (Wildman–Crippen LogP) is 3.86. The van der Waals surface area contributed by atoms with E-state index < -0.39 is 0 Å². The highest BCUT2D eigenvalue weighted by Crippen LogP contribution is 2.37. The Balaban J connectivity index is 1.27. The molecule has 0 radical (unpaired) electrons. The van der Waals surface area contributed by atoms with Crippen molar-refractivity contribution in [3.8, 4) is 22.8 Å². The molecule has 2 aromatic rings. The number of piperidine rings is 1. The molecule has 1 saturated heterocycles. The second-order valence-electron chi connectivity index (χ2n) is 7.46. The fourth-order valence-electron chi connectivity index (χ4n) is 3.79. The highest BCUT2D eigenvalue weighted by atomic mass is 16.7. The van der Waals surface area contributed by atoms with E-state index in [1.54, 1.807) is 6.20 Å². The average molecular weight is 396 g/mol. The van der Waals surface area contributed by atoms with Crippen LogP contribution in [0, 0.1) is 0 Å². The van der Waals surface area contributed by atoms with Gasteiger partial charge in [-0.2, -0.15) is 0 Å². The van der Waals surface area contributed by atoms with Crippen LogP contribution in [-0.4, -0.2) is 48.9 Å². The minimum atomic E-state index is -0.210. The number of rotatable bonds is 7. The second-order valence-corrected chi connectivity index (χ2v) is 7.46. The van der Waals surface area contributed by atoms with Crippen LogP contribution >= 0.6 is 0 Å². The van der Waals surface area contributed by atoms with E-state index in [9.17, 15) is 4.79 Å². The Morgan fingerprint density at radius 3 is 2.83 bits per heavy atom. The third kappa shape index (κ3) is 5.17. The number of nitrogens with zero attached hydrogens (tertiary/aromatic N) is 2. The van der Waals surface area contributed by atoms with Crippen molar-refractivity contribution in [3.05, 3.63) is 36.5 Å². The number of carbonyl (C=O) groups excluding carboxylic acids is 1. The number of likely N-dealkylation sites (tertiary alicyclic amines) is 1. The molecule has 0 atom stereocenters. The molecule has 0 aliphatic carbocycles. The maximum atomic E-state index is 12.3. The van der Waals surface area contributed by atoms with Crippen LogP contribution in [0.15, 0.2) is 36.5 Å². The minimum absolute atomic E-state index is 0.210. The lowest BCUT2D eigenvalue weighted by Gasteiger charge is -2.26. The number of unbranched alkanes of at least 4 members (excludes halogenated alkanes) is 1. The summed E-state index contributed by atoms with van der Waals surface area (Å²) in [4.78, 5) is 19.3. The molecule has 7 nitrogen and oxygen atoms in total. The van der Waals surface area contributed by atoms with Gasteiger partial charge in [0.05, 0.1) is 11.4 Å². The smallest absolute Gasteiger partial charge is 0.319 e. The van der Waals surface area contributed by atoms with Crippen molar-refractivity contribution in [2.45, 2.75) is 32.1 Å². The number of aromatic nitrogens is 1. The third-order valence-corrected chi connectivity index (χ3v) is 5.34. The number of amides is 2. The molecule has 4 rings (SSSR count). The number of hydrogen-bond acceptors (Lipinski definition) is 5. The van der Waals surface area contributed by atoms with Gasteiger partial charge in [0, 0.05) is 18.3 Å². The Morgan fingerprint density at radius 2 is 1.93 bits per heavy atom. The van der Waals surface area contributed by atoms with E-state index in [-0.39, 0.29) is 12.8 Å². The van der Waals surface area contributed by atoms with Crippen molar-refractivity contribution in [1.29, 1.82) is 0 Å². The van der Waals surface area contributed by atoms with E-state index in [1.165, 1.54) is 32.4 Å². The number of hydrogen-bond donors (Lipinski definition) is 2. The fraction of sp³-hybridized carbons (Fsp3) is 0.455. The summed E-state index contributed by atoms with van der Waals surface area (Å²) in [6.45, 7) is 4.46. The van der Waals surface area contributed by atoms with Gasteiger partial charge in [0.2, 0.25) is 6.79 Å². The highest BCUT2D eigenvalue weighted by molar-refractivity contribution is 5.93. The van der Waals surface area contributed by atoms with Crippen LogP contribution in [0.2, 0.25) is 0 Å². The molecule has 1 aromatic carbocycles. The first-order valence-electron chi connectivity index (χ1n) is 10.4. The molecule has 29 heavy (non-hydrogen) atoms. The molecular weight excluding hydrogens is 368 g/mol. The zero-order chi connectivity index (χ0) is 19.9. The zero-order valence-electron chi connectivity index (χ0n) is 16.7. The monoisotopic (exact) mass is 396 g/mol. The highest BCUT2D eigenvalue weighted by Gasteiger charge is 2.16. The summed E-state index contributed by atoms with van der Waals surface area (Å²) >= 11 is 0. The normalized spacial score (nSPS) is 15.9. The number of ether oxygens (including phenoxy) is 2. The Hall–Kier alpha value is -2.80.